The number of aryl methyl sites for hydroxylation is 1. The summed E-state index contributed by atoms with van der Waals surface area (Å²) in [5.41, 5.74) is 1.01. The van der Waals surface area contributed by atoms with Gasteiger partial charge in [0.15, 0.2) is 0 Å². The largest absolute Gasteiger partial charge is 0.445 e. The minimum absolute atomic E-state index is 0.206. The van der Waals surface area contributed by atoms with Gasteiger partial charge < -0.3 is 4.74 Å². The molecule has 0 saturated heterocycles. The van der Waals surface area contributed by atoms with Gasteiger partial charge in [0.25, 0.3) is 0 Å². The quantitative estimate of drug-likeness (QED) is 0.732. The Morgan fingerprint density at radius 3 is 3.06 bits per heavy atom. The zero-order valence-electron chi connectivity index (χ0n) is 9.64. The molecule has 0 N–H and O–H groups in total. The molecule has 1 amide bonds. The molecule has 4 heteroatoms. The molecule has 86 valence electrons. The van der Waals surface area contributed by atoms with E-state index in [1.54, 1.807) is 13.2 Å². The molecule has 0 aromatic carbocycles. The third-order valence-electron chi connectivity index (χ3n) is 2.16. The summed E-state index contributed by atoms with van der Waals surface area (Å²) in [4.78, 5) is 17.2. The number of pyridine rings is 1. The molecule has 1 aromatic rings. The molecule has 0 unspecified atom stereocenters. The van der Waals surface area contributed by atoms with Crippen molar-refractivity contribution in [2.45, 2.75) is 13.3 Å². The average Bonchev–Trinajstić information content (AvgIpc) is 2.34. The van der Waals surface area contributed by atoms with Crippen LogP contribution in [0.2, 0.25) is 0 Å². The van der Waals surface area contributed by atoms with Crippen LogP contribution in [0.25, 0.3) is 0 Å². The molecular formula is C12H16N2O2. The summed E-state index contributed by atoms with van der Waals surface area (Å²) in [7, 11) is 1.65. The fourth-order valence-corrected chi connectivity index (χ4v) is 1.32. The van der Waals surface area contributed by atoms with Crippen LogP contribution in [-0.2, 0) is 11.2 Å². The van der Waals surface area contributed by atoms with Crippen molar-refractivity contribution in [3.8, 4) is 0 Å². The van der Waals surface area contributed by atoms with Crippen molar-refractivity contribution in [1.29, 1.82) is 0 Å². The van der Waals surface area contributed by atoms with Crippen molar-refractivity contribution >= 4 is 11.9 Å². The Morgan fingerprint density at radius 1 is 1.69 bits per heavy atom. The van der Waals surface area contributed by atoms with Crippen molar-refractivity contribution < 1.29 is 9.53 Å². The number of amides is 1. The predicted octanol–water partition coefficient (Wildman–Crippen LogP) is 2.40. The van der Waals surface area contributed by atoms with Crippen molar-refractivity contribution in [2.24, 2.45) is 0 Å². The van der Waals surface area contributed by atoms with E-state index in [1.165, 1.54) is 11.0 Å². The number of carbonyl (C=O) groups is 1. The highest BCUT2D eigenvalue weighted by atomic mass is 16.6. The number of carbonyl (C=O) groups excluding carboxylic acids is 1. The maximum atomic E-state index is 11.6. The average molecular weight is 220 g/mol. The predicted molar refractivity (Wildman–Crippen MR) is 63.6 cm³/mol. The van der Waals surface area contributed by atoms with Crippen LogP contribution in [0.3, 0.4) is 0 Å². The lowest BCUT2D eigenvalue weighted by Crippen LogP contribution is -2.28. The van der Waals surface area contributed by atoms with Crippen molar-refractivity contribution in [3.05, 3.63) is 36.5 Å². The van der Waals surface area contributed by atoms with Crippen LogP contribution >= 0.6 is 0 Å². The number of nitrogens with zero attached hydrogens (tertiary/aromatic N) is 2. The second-order valence-corrected chi connectivity index (χ2v) is 3.26. The molecule has 0 bridgehead atoms. The standard InChI is InChI=1S/C12H16N2O2/c1-4-9-16-12(15)14(3)11-10(5-2)7-6-8-13-11/h4,6-8H,1,5,9H2,2-3H3. The Hall–Kier alpha value is -1.84. The summed E-state index contributed by atoms with van der Waals surface area (Å²) < 4.78 is 4.94. The number of anilines is 1. The topological polar surface area (TPSA) is 42.4 Å². The van der Waals surface area contributed by atoms with E-state index in [0.717, 1.165) is 12.0 Å². The van der Waals surface area contributed by atoms with Gasteiger partial charge in [-0.1, -0.05) is 25.6 Å². The molecule has 0 radical (unpaired) electrons. The van der Waals surface area contributed by atoms with E-state index >= 15 is 0 Å². The normalized spacial score (nSPS) is 9.62. The molecule has 1 rings (SSSR count). The SMILES string of the molecule is C=CCOC(=O)N(C)c1ncccc1CC. The van der Waals surface area contributed by atoms with E-state index in [0.29, 0.717) is 5.82 Å². The van der Waals surface area contributed by atoms with Gasteiger partial charge in [0, 0.05) is 13.2 Å². The molecule has 0 fully saturated rings. The van der Waals surface area contributed by atoms with Gasteiger partial charge in [-0.05, 0) is 18.1 Å². The van der Waals surface area contributed by atoms with Gasteiger partial charge in [0.2, 0.25) is 0 Å². The molecule has 1 heterocycles. The number of aromatic nitrogens is 1. The molecule has 0 spiro atoms. The maximum absolute atomic E-state index is 11.6. The molecule has 0 aliphatic rings. The first-order valence-corrected chi connectivity index (χ1v) is 5.16. The summed E-state index contributed by atoms with van der Waals surface area (Å²) in [5, 5.41) is 0. The molecule has 4 nitrogen and oxygen atoms in total. The number of rotatable bonds is 4. The first-order chi connectivity index (χ1) is 7.70. The van der Waals surface area contributed by atoms with Crippen LogP contribution in [0.4, 0.5) is 10.6 Å². The van der Waals surface area contributed by atoms with E-state index in [-0.39, 0.29) is 6.61 Å². The second-order valence-electron chi connectivity index (χ2n) is 3.26. The number of ether oxygens (including phenoxy) is 1. The fourth-order valence-electron chi connectivity index (χ4n) is 1.32. The highest BCUT2D eigenvalue weighted by molar-refractivity contribution is 5.86. The Kier molecular flexibility index (Phi) is 4.51. The number of hydrogen-bond donors (Lipinski definition) is 0. The van der Waals surface area contributed by atoms with E-state index in [4.69, 9.17) is 4.74 Å². The van der Waals surface area contributed by atoms with Gasteiger partial charge in [-0.15, -0.1) is 0 Å². The maximum Gasteiger partial charge on any atom is 0.415 e. The van der Waals surface area contributed by atoms with Gasteiger partial charge in [-0.25, -0.2) is 9.78 Å². The number of hydrogen-bond acceptors (Lipinski definition) is 3. The van der Waals surface area contributed by atoms with Crippen LogP contribution in [0.15, 0.2) is 31.0 Å². The third-order valence-corrected chi connectivity index (χ3v) is 2.16. The van der Waals surface area contributed by atoms with Crippen LogP contribution in [-0.4, -0.2) is 24.7 Å². The lowest BCUT2D eigenvalue weighted by atomic mass is 10.2. The summed E-state index contributed by atoms with van der Waals surface area (Å²) in [6.45, 7) is 5.71. The van der Waals surface area contributed by atoms with Crippen molar-refractivity contribution in [1.82, 2.24) is 4.98 Å². The summed E-state index contributed by atoms with van der Waals surface area (Å²) in [6, 6.07) is 3.80. The third kappa shape index (κ3) is 2.82. The Labute approximate surface area is 95.6 Å². The van der Waals surface area contributed by atoms with E-state index in [2.05, 4.69) is 11.6 Å². The smallest absolute Gasteiger partial charge is 0.415 e. The minimum atomic E-state index is -0.423. The molecule has 0 aliphatic carbocycles. The summed E-state index contributed by atoms with van der Waals surface area (Å²) in [5.74, 6) is 0.638. The molecule has 0 atom stereocenters. The van der Waals surface area contributed by atoms with Crippen LogP contribution in [0.1, 0.15) is 12.5 Å². The fraction of sp³-hybridized carbons (Fsp3) is 0.333. The summed E-state index contributed by atoms with van der Waals surface area (Å²) in [6.07, 6.45) is 3.59. The Morgan fingerprint density at radius 2 is 2.44 bits per heavy atom. The van der Waals surface area contributed by atoms with Gasteiger partial charge in [-0.3, -0.25) is 4.90 Å². The van der Waals surface area contributed by atoms with Gasteiger partial charge in [-0.2, -0.15) is 0 Å². The van der Waals surface area contributed by atoms with Crippen LogP contribution < -0.4 is 4.90 Å². The highest BCUT2D eigenvalue weighted by Gasteiger charge is 2.15. The van der Waals surface area contributed by atoms with E-state index in [1.807, 2.05) is 19.1 Å². The van der Waals surface area contributed by atoms with E-state index < -0.39 is 6.09 Å². The molecule has 0 aliphatic heterocycles. The Balaban J connectivity index is 2.82. The van der Waals surface area contributed by atoms with Gasteiger partial charge in [0.1, 0.15) is 12.4 Å². The lowest BCUT2D eigenvalue weighted by molar-refractivity contribution is 0.167. The van der Waals surface area contributed by atoms with Crippen molar-refractivity contribution in [2.75, 3.05) is 18.6 Å². The first kappa shape index (κ1) is 12.2. The molecule has 0 saturated carbocycles. The Bertz CT molecular complexity index is 377. The van der Waals surface area contributed by atoms with Crippen molar-refractivity contribution in [3.63, 3.8) is 0 Å². The molecule has 16 heavy (non-hydrogen) atoms. The zero-order valence-corrected chi connectivity index (χ0v) is 9.64. The van der Waals surface area contributed by atoms with E-state index in [9.17, 15) is 4.79 Å². The summed E-state index contributed by atoms with van der Waals surface area (Å²) >= 11 is 0. The first-order valence-electron chi connectivity index (χ1n) is 5.16. The second kappa shape index (κ2) is 5.90. The molecule has 1 aromatic heterocycles. The minimum Gasteiger partial charge on any atom is -0.445 e. The zero-order chi connectivity index (χ0) is 12.0. The van der Waals surface area contributed by atoms with Gasteiger partial charge >= 0.3 is 6.09 Å². The monoisotopic (exact) mass is 220 g/mol. The van der Waals surface area contributed by atoms with Crippen LogP contribution in [0, 0.1) is 0 Å². The molecular weight excluding hydrogens is 204 g/mol. The van der Waals surface area contributed by atoms with Gasteiger partial charge in [0.05, 0.1) is 0 Å². The lowest BCUT2D eigenvalue weighted by Gasteiger charge is -2.17. The van der Waals surface area contributed by atoms with Crippen LogP contribution in [0.5, 0.6) is 0 Å². The highest BCUT2D eigenvalue weighted by Crippen LogP contribution is 2.16.